The number of nitrogens with one attached hydrogen (secondary N) is 2. The molecule has 0 spiro atoms. The summed E-state index contributed by atoms with van der Waals surface area (Å²) in [7, 11) is 0. The molecule has 0 amide bonds. The van der Waals surface area contributed by atoms with Gasteiger partial charge in [0.05, 0.1) is 58.6 Å². The topological polar surface area (TPSA) is 141 Å². The first kappa shape index (κ1) is 26.0. The first-order valence-electron chi connectivity index (χ1n) is 13.5. The van der Waals surface area contributed by atoms with Crippen LogP contribution in [0.5, 0.6) is 0 Å². The number of benzene rings is 2. The number of nitriles is 2. The molecule has 204 valence electrons. The van der Waals surface area contributed by atoms with Gasteiger partial charge < -0.3 is 15.1 Å². The fraction of sp³-hybridized carbons (Fsp3) is 0.290. The van der Waals surface area contributed by atoms with Gasteiger partial charge in [-0.1, -0.05) is 38.1 Å². The van der Waals surface area contributed by atoms with E-state index in [2.05, 4.69) is 63.8 Å². The summed E-state index contributed by atoms with van der Waals surface area (Å²) in [5.74, 6) is 0.518. The summed E-state index contributed by atoms with van der Waals surface area (Å²) in [6, 6.07) is 15.9. The first-order chi connectivity index (χ1) is 19.8. The lowest BCUT2D eigenvalue weighted by molar-refractivity contribution is 0.443. The van der Waals surface area contributed by atoms with Crippen LogP contribution in [0.1, 0.15) is 68.1 Å². The van der Waals surface area contributed by atoms with Gasteiger partial charge in [0, 0.05) is 23.7 Å². The van der Waals surface area contributed by atoms with Gasteiger partial charge in [-0.2, -0.15) is 10.5 Å². The van der Waals surface area contributed by atoms with Crippen LogP contribution in [-0.2, 0) is 0 Å². The predicted octanol–water partition coefficient (Wildman–Crippen LogP) is 6.22. The maximum absolute atomic E-state index is 9.95. The predicted molar refractivity (Wildman–Crippen MR) is 155 cm³/mol. The molecular weight excluding hydrogens is 514 g/mol. The minimum absolute atomic E-state index is 0.0252. The molecule has 0 unspecified atom stereocenters. The van der Waals surface area contributed by atoms with Crippen LogP contribution in [0.4, 0.5) is 11.4 Å². The zero-order valence-corrected chi connectivity index (χ0v) is 23.1. The van der Waals surface area contributed by atoms with Crippen molar-refractivity contribution in [2.75, 3.05) is 17.2 Å². The molecule has 0 saturated heterocycles. The number of aromatic nitrogens is 5. The highest BCUT2D eigenvalue weighted by atomic mass is 16.3. The van der Waals surface area contributed by atoms with Gasteiger partial charge in [0.25, 0.3) is 0 Å². The minimum Gasteiger partial charge on any atom is -0.445 e. The molecule has 0 radical (unpaired) electrons. The van der Waals surface area contributed by atoms with Gasteiger partial charge in [-0.25, -0.2) is 9.67 Å². The third-order valence-corrected chi connectivity index (χ3v) is 6.96. The Labute approximate surface area is 237 Å². The van der Waals surface area contributed by atoms with Crippen molar-refractivity contribution in [1.29, 1.82) is 10.5 Å². The fourth-order valence-corrected chi connectivity index (χ4v) is 4.75. The number of hydrogen-bond acceptors (Lipinski definition) is 9. The zero-order valence-electron chi connectivity index (χ0n) is 23.1. The molecule has 1 fully saturated rings. The van der Waals surface area contributed by atoms with Crippen molar-refractivity contribution in [2.24, 2.45) is 5.41 Å². The Hall–Kier alpha value is -5.22. The van der Waals surface area contributed by atoms with Gasteiger partial charge >= 0.3 is 0 Å². The molecule has 3 heterocycles. The maximum Gasteiger partial charge on any atom is 0.225 e. The molecular formula is C31H29N9O. The van der Waals surface area contributed by atoms with E-state index < -0.39 is 6.04 Å². The molecule has 3 aromatic heterocycles. The summed E-state index contributed by atoms with van der Waals surface area (Å²) in [6.45, 7) is 7.00. The highest BCUT2D eigenvalue weighted by Gasteiger charge is 2.28. The third kappa shape index (κ3) is 5.45. The number of nitrogens with zero attached hydrogens (tertiary/aromatic N) is 7. The summed E-state index contributed by atoms with van der Waals surface area (Å²) < 4.78 is 7.46. The molecule has 0 aliphatic heterocycles. The van der Waals surface area contributed by atoms with E-state index in [4.69, 9.17) is 4.42 Å². The lowest BCUT2D eigenvalue weighted by atomic mass is 9.96. The Morgan fingerprint density at radius 2 is 1.98 bits per heavy atom. The van der Waals surface area contributed by atoms with Crippen molar-refractivity contribution in [3.05, 3.63) is 83.6 Å². The number of oxazole rings is 1. The fourth-order valence-electron chi connectivity index (χ4n) is 4.75. The maximum atomic E-state index is 9.95. The second kappa shape index (κ2) is 10.4. The summed E-state index contributed by atoms with van der Waals surface area (Å²) >= 11 is 0. The quantitative estimate of drug-likeness (QED) is 0.233. The molecule has 1 aliphatic rings. The van der Waals surface area contributed by atoms with Crippen LogP contribution in [-0.4, -0.2) is 31.5 Å². The van der Waals surface area contributed by atoms with Gasteiger partial charge in [0.1, 0.15) is 18.0 Å². The van der Waals surface area contributed by atoms with Crippen LogP contribution >= 0.6 is 0 Å². The normalized spacial score (nSPS) is 13.9. The Morgan fingerprint density at radius 1 is 1.12 bits per heavy atom. The molecule has 41 heavy (non-hydrogen) atoms. The van der Waals surface area contributed by atoms with Crippen molar-refractivity contribution in [1.82, 2.24) is 25.0 Å². The van der Waals surface area contributed by atoms with E-state index in [9.17, 15) is 10.5 Å². The second-order valence-electron chi connectivity index (χ2n) is 11.5. The Bertz CT molecular complexity index is 1800. The lowest BCUT2D eigenvalue weighted by Crippen LogP contribution is -2.20. The van der Waals surface area contributed by atoms with E-state index >= 15 is 0 Å². The molecule has 10 nitrogen and oxygen atoms in total. The van der Waals surface area contributed by atoms with Crippen LogP contribution in [0.15, 0.2) is 65.7 Å². The van der Waals surface area contributed by atoms with Crippen LogP contribution in [0, 0.1) is 28.1 Å². The van der Waals surface area contributed by atoms with Gasteiger partial charge in [-0.05, 0) is 48.1 Å². The Kier molecular flexibility index (Phi) is 6.60. The SMILES string of the molecule is CC(C)(C)CNc1c(C#N)cnc2c(N[C@@H](c3cccc(-c4ncco4)c3)c3cn(C4CC4)nn3)cc(C#N)cc12. The van der Waals surface area contributed by atoms with E-state index in [1.807, 2.05) is 35.1 Å². The van der Waals surface area contributed by atoms with E-state index in [-0.39, 0.29) is 5.41 Å². The number of anilines is 2. The van der Waals surface area contributed by atoms with Crippen molar-refractivity contribution >= 4 is 22.3 Å². The van der Waals surface area contributed by atoms with Crippen LogP contribution in [0.25, 0.3) is 22.4 Å². The highest BCUT2D eigenvalue weighted by Crippen LogP contribution is 2.38. The van der Waals surface area contributed by atoms with Crippen LogP contribution in [0.2, 0.25) is 0 Å². The summed E-state index contributed by atoms with van der Waals surface area (Å²) in [4.78, 5) is 8.98. The van der Waals surface area contributed by atoms with Crippen molar-refractivity contribution in [3.63, 3.8) is 0 Å². The molecule has 0 bridgehead atoms. The van der Waals surface area contributed by atoms with Crippen molar-refractivity contribution < 1.29 is 4.42 Å². The van der Waals surface area contributed by atoms with E-state index in [0.717, 1.165) is 29.7 Å². The molecule has 1 aliphatic carbocycles. The van der Waals surface area contributed by atoms with E-state index in [1.165, 1.54) is 0 Å². The monoisotopic (exact) mass is 543 g/mol. The largest absolute Gasteiger partial charge is 0.445 e. The number of rotatable bonds is 8. The summed E-state index contributed by atoms with van der Waals surface area (Å²) in [6.07, 6.45) is 8.89. The van der Waals surface area contributed by atoms with Gasteiger partial charge in [-0.15, -0.1) is 5.10 Å². The molecule has 6 rings (SSSR count). The lowest BCUT2D eigenvalue weighted by Gasteiger charge is -2.23. The third-order valence-electron chi connectivity index (χ3n) is 6.96. The van der Waals surface area contributed by atoms with Gasteiger partial charge in [-0.3, -0.25) is 4.98 Å². The standard InChI is InChI=1S/C31H29N9O/c1-31(2,3)18-36-27-22(15-33)16-35-29-24(27)11-19(14-32)12-25(29)37-28(26-17-40(39-38-26)23-7-8-23)20-5-4-6-21(13-20)30-34-9-10-41-30/h4-6,9-13,16-17,23,28,37H,7-8,18H2,1-3H3,(H,35,36)/t28-/m0/s1. The summed E-state index contributed by atoms with van der Waals surface area (Å²) in [5.41, 5.74) is 5.27. The average molecular weight is 544 g/mol. The molecule has 1 saturated carbocycles. The van der Waals surface area contributed by atoms with Crippen LogP contribution in [0.3, 0.4) is 0 Å². The molecule has 10 heteroatoms. The molecule has 2 N–H and O–H groups in total. The molecule has 2 aromatic carbocycles. The first-order valence-corrected chi connectivity index (χ1v) is 13.5. The molecule has 1 atom stereocenters. The average Bonchev–Trinajstić information content (AvgIpc) is 3.44. The van der Waals surface area contributed by atoms with Gasteiger partial charge in [0.15, 0.2) is 0 Å². The second-order valence-corrected chi connectivity index (χ2v) is 11.5. The van der Waals surface area contributed by atoms with Gasteiger partial charge in [0.2, 0.25) is 5.89 Å². The smallest absolute Gasteiger partial charge is 0.225 e. The van der Waals surface area contributed by atoms with E-state index in [0.29, 0.717) is 51.9 Å². The number of hydrogen-bond donors (Lipinski definition) is 2. The summed E-state index contributed by atoms with van der Waals surface area (Å²) in [5, 5.41) is 36.5. The Morgan fingerprint density at radius 3 is 2.68 bits per heavy atom. The molecule has 5 aromatic rings. The van der Waals surface area contributed by atoms with Crippen molar-refractivity contribution in [2.45, 2.75) is 45.7 Å². The minimum atomic E-state index is -0.419. The zero-order chi connectivity index (χ0) is 28.6. The number of fused-ring (bicyclic) bond motifs is 1. The Balaban J connectivity index is 1.48. The number of pyridine rings is 1. The van der Waals surface area contributed by atoms with Crippen molar-refractivity contribution in [3.8, 4) is 23.6 Å². The van der Waals surface area contributed by atoms with E-state index in [1.54, 1.807) is 30.8 Å². The highest BCUT2D eigenvalue weighted by molar-refractivity contribution is 6.01. The van der Waals surface area contributed by atoms with Crippen LogP contribution < -0.4 is 10.6 Å².